The van der Waals surface area contributed by atoms with Crippen LogP contribution in [0.3, 0.4) is 0 Å². The molecule has 0 saturated heterocycles. The highest BCUT2D eigenvalue weighted by Gasteiger charge is 2.16. The lowest BCUT2D eigenvalue weighted by molar-refractivity contribution is 0.304. The molecule has 0 atom stereocenters. The first-order chi connectivity index (χ1) is 15.0. The fraction of sp³-hybridized carbons (Fsp3) is 0.160. The number of hydrogen-bond acceptors (Lipinski definition) is 4. The van der Waals surface area contributed by atoms with Gasteiger partial charge in [-0.25, -0.2) is 0 Å². The van der Waals surface area contributed by atoms with Crippen LogP contribution in [0.25, 0.3) is 11.3 Å². The first-order valence-corrected chi connectivity index (χ1v) is 10.4. The monoisotopic (exact) mass is 434 g/mol. The van der Waals surface area contributed by atoms with Crippen LogP contribution in [-0.4, -0.2) is 15.3 Å². The molecule has 0 aliphatic heterocycles. The summed E-state index contributed by atoms with van der Waals surface area (Å²) in [6, 6.07) is 20.5. The molecule has 158 valence electrons. The van der Waals surface area contributed by atoms with Crippen molar-refractivity contribution < 1.29 is 14.6 Å². The number of H-pyrrole nitrogens is 1. The Hall–Kier alpha value is -3.44. The first-order valence-electron chi connectivity index (χ1n) is 10.0. The third-order valence-electron chi connectivity index (χ3n) is 4.96. The van der Waals surface area contributed by atoms with Crippen LogP contribution in [-0.2, 0) is 6.61 Å². The third kappa shape index (κ3) is 4.67. The van der Waals surface area contributed by atoms with E-state index in [1.165, 1.54) is 0 Å². The van der Waals surface area contributed by atoms with E-state index in [2.05, 4.69) is 24.0 Å². The molecule has 0 saturated carbocycles. The second kappa shape index (κ2) is 9.14. The lowest BCUT2D eigenvalue weighted by atomic mass is 10.0. The van der Waals surface area contributed by atoms with Crippen molar-refractivity contribution in [2.24, 2.45) is 0 Å². The Labute approximate surface area is 186 Å². The number of para-hydroxylation sites is 1. The van der Waals surface area contributed by atoms with Crippen molar-refractivity contribution in [3.63, 3.8) is 0 Å². The van der Waals surface area contributed by atoms with Crippen LogP contribution < -0.4 is 9.47 Å². The summed E-state index contributed by atoms with van der Waals surface area (Å²) in [7, 11) is 0. The average molecular weight is 435 g/mol. The number of ether oxygens (including phenoxy) is 2. The van der Waals surface area contributed by atoms with E-state index in [1.807, 2.05) is 48.5 Å². The van der Waals surface area contributed by atoms with Gasteiger partial charge in [0.2, 0.25) is 0 Å². The van der Waals surface area contributed by atoms with Crippen LogP contribution in [0.1, 0.15) is 30.9 Å². The molecular formula is C25H23ClN2O3. The van der Waals surface area contributed by atoms with Gasteiger partial charge in [-0.1, -0.05) is 61.8 Å². The zero-order chi connectivity index (χ0) is 21.8. The van der Waals surface area contributed by atoms with Gasteiger partial charge in [-0.05, 0) is 35.7 Å². The van der Waals surface area contributed by atoms with E-state index in [0.717, 1.165) is 16.9 Å². The van der Waals surface area contributed by atoms with Crippen LogP contribution in [0.5, 0.6) is 23.0 Å². The van der Waals surface area contributed by atoms with Crippen molar-refractivity contribution >= 4 is 11.6 Å². The summed E-state index contributed by atoms with van der Waals surface area (Å²) in [6.07, 6.45) is 1.60. The molecule has 0 aliphatic rings. The molecule has 2 N–H and O–H groups in total. The van der Waals surface area contributed by atoms with E-state index < -0.39 is 0 Å². The Morgan fingerprint density at radius 2 is 1.77 bits per heavy atom. The van der Waals surface area contributed by atoms with Gasteiger partial charge in [0.25, 0.3) is 0 Å². The number of aromatic nitrogens is 2. The summed E-state index contributed by atoms with van der Waals surface area (Å²) in [4.78, 5) is 0. The smallest absolute Gasteiger partial charge is 0.173 e. The van der Waals surface area contributed by atoms with Gasteiger partial charge in [-0.15, -0.1) is 0 Å². The molecule has 4 rings (SSSR count). The van der Waals surface area contributed by atoms with E-state index in [9.17, 15) is 5.11 Å². The fourth-order valence-electron chi connectivity index (χ4n) is 3.30. The molecule has 5 nitrogen and oxygen atoms in total. The standard InChI is InChI=1S/C25H23ClN2O3/c1-16(2)19-8-4-6-10-23(19)31-24-14-27-28-25(24)20-12-11-18(13-22(20)29)30-15-17-7-3-5-9-21(17)26/h3-14,16,29H,15H2,1-2H3,(H,27,28). The zero-order valence-electron chi connectivity index (χ0n) is 17.3. The molecule has 31 heavy (non-hydrogen) atoms. The number of phenolic OH excluding ortho intramolecular Hbond substituents is 1. The highest BCUT2D eigenvalue weighted by molar-refractivity contribution is 6.31. The number of aromatic amines is 1. The van der Waals surface area contributed by atoms with E-state index in [1.54, 1.807) is 24.4 Å². The second-order valence-corrected chi connectivity index (χ2v) is 7.87. The van der Waals surface area contributed by atoms with Crippen LogP contribution in [0.15, 0.2) is 72.9 Å². The van der Waals surface area contributed by atoms with E-state index in [-0.39, 0.29) is 5.75 Å². The number of halogens is 1. The van der Waals surface area contributed by atoms with Crippen molar-refractivity contribution in [2.75, 3.05) is 0 Å². The molecule has 1 heterocycles. The van der Waals surface area contributed by atoms with Gasteiger partial charge < -0.3 is 14.6 Å². The van der Waals surface area contributed by atoms with Crippen molar-refractivity contribution in [3.05, 3.63) is 89.1 Å². The van der Waals surface area contributed by atoms with Crippen LogP contribution in [0, 0.1) is 0 Å². The zero-order valence-corrected chi connectivity index (χ0v) is 18.1. The average Bonchev–Trinajstić information content (AvgIpc) is 3.21. The SMILES string of the molecule is CC(C)c1ccccc1Oc1cn[nH]c1-c1ccc(OCc2ccccc2Cl)cc1O. The maximum absolute atomic E-state index is 10.6. The number of benzene rings is 3. The summed E-state index contributed by atoms with van der Waals surface area (Å²) < 4.78 is 11.9. The Bertz CT molecular complexity index is 1190. The van der Waals surface area contributed by atoms with Crippen LogP contribution >= 0.6 is 11.6 Å². The van der Waals surface area contributed by atoms with E-state index >= 15 is 0 Å². The van der Waals surface area contributed by atoms with Gasteiger partial charge in [-0.2, -0.15) is 5.10 Å². The Morgan fingerprint density at radius 1 is 1.00 bits per heavy atom. The first kappa shape index (κ1) is 20.8. The number of phenols is 1. The molecule has 0 amide bonds. The van der Waals surface area contributed by atoms with Gasteiger partial charge >= 0.3 is 0 Å². The molecule has 3 aromatic carbocycles. The highest BCUT2D eigenvalue weighted by atomic mass is 35.5. The molecule has 1 aromatic heterocycles. The summed E-state index contributed by atoms with van der Waals surface area (Å²) in [5, 5.41) is 18.3. The number of aromatic hydroxyl groups is 1. The third-order valence-corrected chi connectivity index (χ3v) is 5.32. The van der Waals surface area contributed by atoms with E-state index in [0.29, 0.717) is 40.3 Å². The quantitative estimate of drug-likeness (QED) is 0.331. The Kier molecular flexibility index (Phi) is 6.14. The molecular weight excluding hydrogens is 412 g/mol. The topological polar surface area (TPSA) is 67.4 Å². The molecule has 0 spiro atoms. The van der Waals surface area contributed by atoms with Gasteiger partial charge in [0.15, 0.2) is 5.75 Å². The summed E-state index contributed by atoms with van der Waals surface area (Å²) in [6.45, 7) is 4.54. The maximum Gasteiger partial charge on any atom is 0.173 e. The Balaban J connectivity index is 1.55. The number of nitrogens with one attached hydrogen (secondary N) is 1. The molecule has 0 unspecified atom stereocenters. The normalized spacial score (nSPS) is 11.0. The summed E-state index contributed by atoms with van der Waals surface area (Å²) in [5.41, 5.74) is 3.14. The van der Waals surface area contributed by atoms with Gasteiger partial charge in [-0.3, -0.25) is 5.10 Å². The van der Waals surface area contributed by atoms with Crippen LogP contribution in [0.4, 0.5) is 0 Å². The largest absolute Gasteiger partial charge is 0.507 e. The lowest BCUT2D eigenvalue weighted by Crippen LogP contribution is -1.96. The number of hydrogen-bond donors (Lipinski definition) is 2. The molecule has 0 fully saturated rings. The minimum absolute atomic E-state index is 0.0582. The fourth-order valence-corrected chi connectivity index (χ4v) is 3.49. The molecule has 0 aliphatic carbocycles. The summed E-state index contributed by atoms with van der Waals surface area (Å²) in [5.74, 6) is 2.21. The number of nitrogens with zero attached hydrogens (tertiary/aromatic N) is 1. The van der Waals surface area contributed by atoms with Gasteiger partial charge in [0, 0.05) is 22.2 Å². The van der Waals surface area contributed by atoms with Crippen molar-refractivity contribution in [2.45, 2.75) is 26.4 Å². The molecule has 0 radical (unpaired) electrons. The number of rotatable bonds is 7. The minimum Gasteiger partial charge on any atom is -0.507 e. The van der Waals surface area contributed by atoms with Gasteiger partial charge in [0.05, 0.1) is 6.20 Å². The Morgan fingerprint density at radius 3 is 2.55 bits per heavy atom. The minimum atomic E-state index is 0.0582. The van der Waals surface area contributed by atoms with E-state index in [4.69, 9.17) is 21.1 Å². The van der Waals surface area contributed by atoms with Gasteiger partial charge in [0.1, 0.15) is 29.5 Å². The maximum atomic E-state index is 10.6. The molecule has 4 aromatic rings. The lowest BCUT2D eigenvalue weighted by Gasteiger charge is -2.14. The molecule has 0 bridgehead atoms. The van der Waals surface area contributed by atoms with Crippen molar-refractivity contribution in [3.8, 4) is 34.3 Å². The highest BCUT2D eigenvalue weighted by Crippen LogP contribution is 2.39. The van der Waals surface area contributed by atoms with Crippen molar-refractivity contribution in [1.82, 2.24) is 10.2 Å². The van der Waals surface area contributed by atoms with Crippen molar-refractivity contribution in [1.29, 1.82) is 0 Å². The predicted octanol–water partition coefficient (Wildman–Crippen LogP) is 6.93. The van der Waals surface area contributed by atoms with Crippen LogP contribution in [0.2, 0.25) is 5.02 Å². The molecule has 6 heteroatoms. The second-order valence-electron chi connectivity index (χ2n) is 7.46. The predicted molar refractivity (Wildman–Crippen MR) is 122 cm³/mol. The summed E-state index contributed by atoms with van der Waals surface area (Å²) >= 11 is 6.17.